The van der Waals surface area contributed by atoms with Crippen molar-refractivity contribution in [3.05, 3.63) is 53.4 Å². The van der Waals surface area contributed by atoms with Gasteiger partial charge in [-0.1, -0.05) is 42.1 Å². The Labute approximate surface area is 189 Å². The maximum atomic E-state index is 11.3. The smallest absolute Gasteiger partial charge is 0.305 e. The standard InChI is InChI=1S/C24H23N3O2S2/c1-29-21(28)7-4-13-31-24-26-22(19-12-14-30-23(19)27-24)25-20-11-10-16(15-8-9-15)17-5-2-3-6-18(17)20/h2-3,5-6,10-12,14-15H,4,7-9,13H2,1H3,(H,25,26,27). The highest BCUT2D eigenvalue weighted by molar-refractivity contribution is 7.99. The lowest BCUT2D eigenvalue weighted by Crippen LogP contribution is -2.01. The van der Waals surface area contributed by atoms with Gasteiger partial charge in [0.25, 0.3) is 0 Å². The van der Waals surface area contributed by atoms with E-state index in [0.29, 0.717) is 12.3 Å². The van der Waals surface area contributed by atoms with Crippen LogP contribution in [0.2, 0.25) is 0 Å². The van der Waals surface area contributed by atoms with Crippen molar-refractivity contribution in [1.82, 2.24) is 9.97 Å². The molecule has 1 aliphatic rings. The van der Waals surface area contributed by atoms with Crippen molar-refractivity contribution < 1.29 is 9.53 Å². The first-order valence-corrected chi connectivity index (χ1v) is 12.3. The second kappa shape index (κ2) is 8.85. The molecule has 5 rings (SSSR count). The van der Waals surface area contributed by atoms with Crippen LogP contribution in [0.1, 0.15) is 37.2 Å². The molecular weight excluding hydrogens is 426 g/mol. The fraction of sp³-hybridized carbons (Fsp3) is 0.292. The van der Waals surface area contributed by atoms with Crippen LogP contribution in [0.5, 0.6) is 0 Å². The van der Waals surface area contributed by atoms with Crippen molar-refractivity contribution in [2.45, 2.75) is 36.8 Å². The number of aromatic nitrogens is 2. The highest BCUT2D eigenvalue weighted by Crippen LogP contribution is 2.44. The largest absolute Gasteiger partial charge is 0.469 e. The molecular formula is C24H23N3O2S2. The Morgan fingerprint density at radius 3 is 2.77 bits per heavy atom. The monoisotopic (exact) mass is 449 g/mol. The summed E-state index contributed by atoms with van der Waals surface area (Å²) in [7, 11) is 1.42. The number of carbonyl (C=O) groups excluding carboxylic acids is 1. The maximum absolute atomic E-state index is 11.3. The summed E-state index contributed by atoms with van der Waals surface area (Å²) >= 11 is 3.18. The number of nitrogens with one attached hydrogen (secondary N) is 1. The minimum atomic E-state index is -0.181. The molecule has 1 aliphatic carbocycles. The van der Waals surface area contributed by atoms with Gasteiger partial charge in [0.2, 0.25) is 0 Å². The van der Waals surface area contributed by atoms with Crippen LogP contribution in [0, 0.1) is 0 Å². The van der Waals surface area contributed by atoms with Gasteiger partial charge in [0, 0.05) is 23.2 Å². The number of hydrogen-bond acceptors (Lipinski definition) is 7. The quantitative estimate of drug-likeness (QED) is 0.143. The van der Waals surface area contributed by atoms with E-state index in [0.717, 1.165) is 39.1 Å². The zero-order valence-corrected chi connectivity index (χ0v) is 18.9. The third-order valence-corrected chi connectivity index (χ3v) is 7.26. The molecule has 0 atom stereocenters. The van der Waals surface area contributed by atoms with E-state index in [2.05, 4.69) is 47.8 Å². The minimum absolute atomic E-state index is 0.181. The Morgan fingerprint density at radius 1 is 1.13 bits per heavy atom. The van der Waals surface area contributed by atoms with Crippen molar-refractivity contribution in [1.29, 1.82) is 0 Å². The number of hydrogen-bond donors (Lipinski definition) is 1. The van der Waals surface area contributed by atoms with Gasteiger partial charge in [0.05, 0.1) is 12.5 Å². The first-order chi connectivity index (χ1) is 15.2. The lowest BCUT2D eigenvalue weighted by atomic mass is 9.99. The van der Waals surface area contributed by atoms with Crippen LogP contribution in [-0.2, 0) is 9.53 Å². The zero-order valence-electron chi connectivity index (χ0n) is 17.3. The molecule has 0 spiro atoms. The molecule has 1 saturated carbocycles. The predicted molar refractivity (Wildman–Crippen MR) is 129 cm³/mol. The van der Waals surface area contributed by atoms with Crippen molar-refractivity contribution >= 4 is 61.6 Å². The molecule has 0 unspecified atom stereocenters. The highest BCUT2D eigenvalue weighted by Gasteiger charge is 2.25. The lowest BCUT2D eigenvalue weighted by Gasteiger charge is -2.14. The van der Waals surface area contributed by atoms with E-state index in [4.69, 9.17) is 14.7 Å². The van der Waals surface area contributed by atoms with E-state index >= 15 is 0 Å². The van der Waals surface area contributed by atoms with E-state index in [-0.39, 0.29) is 5.97 Å². The Morgan fingerprint density at radius 2 is 1.97 bits per heavy atom. The fourth-order valence-corrected chi connectivity index (χ4v) is 5.39. The van der Waals surface area contributed by atoms with Crippen molar-refractivity contribution in [3.8, 4) is 0 Å². The topological polar surface area (TPSA) is 64.1 Å². The van der Waals surface area contributed by atoms with Crippen LogP contribution in [0.4, 0.5) is 11.5 Å². The van der Waals surface area contributed by atoms with E-state index in [9.17, 15) is 4.79 Å². The third kappa shape index (κ3) is 4.38. The normalized spacial score (nSPS) is 13.6. The summed E-state index contributed by atoms with van der Waals surface area (Å²) in [5.74, 6) is 2.12. The van der Waals surface area contributed by atoms with Crippen LogP contribution in [0.15, 0.2) is 53.0 Å². The van der Waals surface area contributed by atoms with Gasteiger partial charge < -0.3 is 10.1 Å². The first kappa shape index (κ1) is 20.3. The molecule has 0 bridgehead atoms. The number of methoxy groups -OCH3 is 1. The van der Waals surface area contributed by atoms with Gasteiger partial charge in [-0.25, -0.2) is 9.97 Å². The molecule has 0 saturated heterocycles. The summed E-state index contributed by atoms with van der Waals surface area (Å²) < 4.78 is 4.71. The van der Waals surface area contributed by atoms with Crippen molar-refractivity contribution in [2.24, 2.45) is 0 Å². The Hall–Kier alpha value is -2.64. The van der Waals surface area contributed by atoms with Gasteiger partial charge in [-0.2, -0.15) is 0 Å². The fourth-order valence-electron chi connectivity index (χ4n) is 3.79. The van der Waals surface area contributed by atoms with Crippen LogP contribution in [0.3, 0.4) is 0 Å². The molecule has 31 heavy (non-hydrogen) atoms. The second-order valence-electron chi connectivity index (χ2n) is 7.67. The maximum Gasteiger partial charge on any atom is 0.305 e. The molecule has 5 nitrogen and oxygen atoms in total. The molecule has 1 fully saturated rings. The van der Waals surface area contributed by atoms with Gasteiger partial charge in [-0.05, 0) is 53.6 Å². The SMILES string of the molecule is COC(=O)CCCSc1nc(Nc2ccc(C3CC3)c3ccccc23)c2ccsc2n1. The van der Waals surface area contributed by atoms with E-state index < -0.39 is 0 Å². The number of esters is 1. The number of thioether (sulfide) groups is 1. The first-order valence-electron chi connectivity index (χ1n) is 10.5. The number of anilines is 2. The Balaban J connectivity index is 1.43. The average molecular weight is 450 g/mol. The van der Waals surface area contributed by atoms with Gasteiger partial charge in [0.1, 0.15) is 10.6 Å². The summed E-state index contributed by atoms with van der Waals surface area (Å²) in [5.41, 5.74) is 2.51. The third-order valence-electron chi connectivity index (χ3n) is 5.52. The summed E-state index contributed by atoms with van der Waals surface area (Å²) in [6, 6.07) is 15.1. The van der Waals surface area contributed by atoms with Crippen LogP contribution >= 0.6 is 23.1 Å². The number of ether oxygens (including phenoxy) is 1. The molecule has 2 heterocycles. The molecule has 0 radical (unpaired) electrons. The number of rotatable bonds is 8. The van der Waals surface area contributed by atoms with E-state index in [1.165, 1.54) is 36.3 Å². The van der Waals surface area contributed by atoms with E-state index in [1.807, 2.05) is 5.38 Å². The highest BCUT2D eigenvalue weighted by atomic mass is 32.2. The number of carbonyl (C=O) groups is 1. The molecule has 2 aromatic heterocycles. The second-order valence-corrected chi connectivity index (χ2v) is 9.63. The predicted octanol–water partition coefficient (Wildman–Crippen LogP) is 6.51. The summed E-state index contributed by atoms with van der Waals surface area (Å²) in [5, 5.41) is 9.93. The van der Waals surface area contributed by atoms with Gasteiger partial charge in [0.15, 0.2) is 5.16 Å². The number of thiophene rings is 1. The van der Waals surface area contributed by atoms with E-state index in [1.54, 1.807) is 23.1 Å². The minimum Gasteiger partial charge on any atom is -0.469 e. The van der Waals surface area contributed by atoms with Gasteiger partial charge in [-0.3, -0.25) is 4.79 Å². The van der Waals surface area contributed by atoms with Crippen LogP contribution in [0.25, 0.3) is 21.0 Å². The molecule has 7 heteroatoms. The van der Waals surface area contributed by atoms with Gasteiger partial charge >= 0.3 is 5.97 Å². The molecule has 2 aromatic carbocycles. The van der Waals surface area contributed by atoms with Crippen molar-refractivity contribution in [2.75, 3.05) is 18.2 Å². The lowest BCUT2D eigenvalue weighted by molar-refractivity contribution is -0.140. The summed E-state index contributed by atoms with van der Waals surface area (Å²) in [6.07, 6.45) is 3.72. The number of benzene rings is 2. The summed E-state index contributed by atoms with van der Waals surface area (Å²) in [4.78, 5) is 21.8. The summed E-state index contributed by atoms with van der Waals surface area (Å²) in [6.45, 7) is 0. The van der Waals surface area contributed by atoms with Gasteiger partial charge in [-0.15, -0.1) is 11.3 Å². The zero-order chi connectivity index (χ0) is 21.2. The molecule has 4 aromatic rings. The average Bonchev–Trinajstić information content (AvgIpc) is 3.53. The molecule has 0 aliphatic heterocycles. The Bertz CT molecular complexity index is 1250. The van der Waals surface area contributed by atoms with Crippen LogP contribution in [-0.4, -0.2) is 28.8 Å². The van der Waals surface area contributed by atoms with Crippen molar-refractivity contribution in [3.63, 3.8) is 0 Å². The molecule has 158 valence electrons. The van der Waals surface area contributed by atoms with Crippen LogP contribution < -0.4 is 5.32 Å². The Kier molecular flexibility index (Phi) is 5.78. The molecule has 0 amide bonds. The number of nitrogens with zero attached hydrogens (tertiary/aromatic N) is 2. The molecule has 1 N–H and O–H groups in total. The number of fused-ring (bicyclic) bond motifs is 2.